The quantitative estimate of drug-likeness (QED) is 0.845. The average molecular weight is 275 g/mol. The van der Waals surface area contributed by atoms with Crippen molar-refractivity contribution in [3.8, 4) is 0 Å². The predicted octanol–water partition coefficient (Wildman–Crippen LogP) is 1.58. The number of carbonyl (C=O) groups excluding carboxylic acids is 1. The van der Waals surface area contributed by atoms with Gasteiger partial charge in [0.15, 0.2) is 0 Å². The van der Waals surface area contributed by atoms with E-state index < -0.39 is 5.41 Å². The lowest BCUT2D eigenvalue weighted by Crippen LogP contribution is -2.45. The van der Waals surface area contributed by atoms with Gasteiger partial charge in [-0.2, -0.15) is 10.2 Å². The Labute approximate surface area is 119 Å². The van der Waals surface area contributed by atoms with E-state index in [1.807, 2.05) is 6.07 Å². The van der Waals surface area contributed by atoms with Crippen LogP contribution < -0.4 is 5.32 Å². The molecule has 108 valence electrons. The molecule has 0 unspecified atom stereocenters. The van der Waals surface area contributed by atoms with Gasteiger partial charge < -0.3 is 10.1 Å². The molecular formula is C15H21N3O2. The number of nitrogens with one attached hydrogen (secondary N) is 1. The number of hydrogen-bond acceptors (Lipinski definition) is 5. The van der Waals surface area contributed by atoms with E-state index in [1.165, 1.54) is 20.0 Å². The summed E-state index contributed by atoms with van der Waals surface area (Å²) in [7, 11) is 1.47. The summed E-state index contributed by atoms with van der Waals surface area (Å²) in [6, 6.07) is 3.14. The van der Waals surface area contributed by atoms with Gasteiger partial charge in [-0.3, -0.25) is 4.79 Å². The van der Waals surface area contributed by atoms with Crippen molar-refractivity contribution < 1.29 is 9.53 Å². The average Bonchev–Trinajstić information content (AvgIpc) is 3.32. The van der Waals surface area contributed by atoms with Gasteiger partial charge in [0.25, 0.3) is 0 Å². The fraction of sp³-hybridized carbons (Fsp3) is 0.667. The van der Waals surface area contributed by atoms with Crippen molar-refractivity contribution in [1.29, 1.82) is 0 Å². The third kappa shape index (κ3) is 2.54. The molecule has 0 amide bonds. The van der Waals surface area contributed by atoms with Crippen LogP contribution in [0, 0.1) is 0 Å². The second kappa shape index (κ2) is 5.48. The van der Waals surface area contributed by atoms with E-state index in [0.717, 1.165) is 31.2 Å². The first-order valence-corrected chi connectivity index (χ1v) is 7.36. The van der Waals surface area contributed by atoms with Crippen LogP contribution in [-0.4, -0.2) is 35.4 Å². The molecule has 0 bridgehead atoms. The van der Waals surface area contributed by atoms with Crippen molar-refractivity contribution in [2.45, 2.75) is 56.0 Å². The van der Waals surface area contributed by atoms with Gasteiger partial charge in [-0.25, -0.2) is 0 Å². The summed E-state index contributed by atoms with van der Waals surface area (Å²) >= 11 is 0. The Morgan fingerprint density at radius 3 is 2.50 bits per heavy atom. The molecule has 0 aliphatic heterocycles. The van der Waals surface area contributed by atoms with Crippen molar-refractivity contribution in [2.75, 3.05) is 7.11 Å². The molecule has 0 spiro atoms. The first-order valence-electron chi connectivity index (χ1n) is 7.36. The number of esters is 1. The maximum atomic E-state index is 12.3. The standard InChI is InChI=1S/C15H21N3O2/c1-20-14(19)15(11-6-9-16-17-10-11)7-4-13(5-8-15)18-12-2-3-12/h6,9-10,12-13,18H,2-5,7-8H2,1H3. The lowest BCUT2D eigenvalue weighted by Gasteiger charge is -2.38. The number of aromatic nitrogens is 2. The van der Waals surface area contributed by atoms with Gasteiger partial charge in [0.05, 0.1) is 18.7 Å². The molecule has 20 heavy (non-hydrogen) atoms. The Balaban J connectivity index is 1.76. The molecule has 5 heteroatoms. The van der Waals surface area contributed by atoms with E-state index in [4.69, 9.17) is 4.74 Å². The fourth-order valence-corrected chi connectivity index (χ4v) is 3.24. The minimum Gasteiger partial charge on any atom is -0.468 e. The summed E-state index contributed by atoms with van der Waals surface area (Å²) in [5, 5.41) is 11.4. The van der Waals surface area contributed by atoms with Crippen molar-refractivity contribution in [3.63, 3.8) is 0 Å². The first-order chi connectivity index (χ1) is 9.74. The summed E-state index contributed by atoms with van der Waals surface area (Å²) in [6.45, 7) is 0. The van der Waals surface area contributed by atoms with Crippen molar-refractivity contribution >= 4 is 5.97 Å². The summed E-state index contributed by atoms with van der Waals surface area (Å²) in [4.78, 5) is 12.3. The predicted molar refractivity (Wildman–Crippen MR) is 74.1 cm³/mol. The molecule has 1 heterocycles. The van der Waals surface area contributed by atoms with Gasteiger partial charge in [0.2, 0.25) is 0 Å². The zero-order chi connectivity index (χ0) is 14.0. The summed E-state index contributed by atoms with van der Waals surface area (Å²) in [6.07, 6.45) is 9.59. The largest absolute Gasteiger partial charge is 0.468 e. The highest BCUT2D eigenvalue weighted by Crippen LogP contribution is 2.40. The van der Waals surface area contributed by atoms with Crippen LogP contribution >= 0.6 is 0 Å². The first kappa shape index (κ1) is 13.5. The number of hydrogen-bond donors (Lipinski definition) is 1. The van der Waals surface area contributed by atoms with Crippen LogP contribution in [0.4, 0.5) is 0 Å². The molecule has 1 aromatic heterocycles. The zero-order valence-corrected chi connectivity index (χ0v) is 11.8. The van der Waals surface area contributed by atoms with Crippen LogP contribution in [0.2, 0.25) is 0 Å². The van der Waals surface area contributed by atoms with Gasteiger partial charge in [-0.15, -0.1) is 0 Å². The van der Waals surface area contributed by atoms with Crippen molar-refractivity contribution in [2.24, 2.45) is 0 Å². The maximum absolute atomic E-state index is 12.3. The Hall–Kier alpha value is -1.49. The van der Waals surface area contributed by atoms with Crippen LogP contribution in [-0.2, 0) is 14.9 Å². The molecule has 2 aliphatic carbocycles. The molecule has 0 aromatic carbocycles. The Bertz CT molecular complexity index is 465. The van der Waals surface area contributed by atoms with Gasteiger partial charge in [0, 0.05) is 18.3 Å². The third-order valence-electron chi connectivity index (χ3n) is 4.60. The number of ether oxygens (including phenoxy) is 1. The maximum Gasteiger partial charge on any atom is 0.316 e. The van der Waals surface area contributed by atoms with E-state index in [2.05, 4.69) is 15.5 Å². The SMILES string of the molecule is COC(=O)C1(c2ccnnc2)CCC(NC2CC2)CC1. The Kier molecular flexibility index (Phi) is 3.70. The monoisotopic (exact) mass is 275 g/mol. The summed E-state index contributed by atoms with van der Waals surface area (Å²) in [5.41, 5.74) is 0.399. The highest BCUT2D eigenvalue weighted by molar-refractivity contribution is 5.83. The Morgan fingerprint density at radius 2 is 1.95 bits per heavy atom. The van der Waals surface area contributed by atoms with E-state index >= 15 is 0 Å². The van der Waals surface area contributed by atoms with Gasteiger partial charge in [-0.1, -0.05) is 0 Å². The van der Waals surface area contributed by atoms with E-state index in [1.54, 1.807) is 12.4 Å². The highest BCUT2D eigenvalue weighted by Gasteiger charge is 2.45. The minimum absolute atomic E-state index is 0.143. The van der Waals surface area contributed by atoms with Crippen LogP contribution in [0.15, 0.2) is 18.5 Å². The van der Waals surface area contributed by atoms with Crippen LogP contribution in [0.1, 0.15) is 44.1 Å². The fourth-order valence-electron chi connectivity index (χ4n) is 3.24. The molecule has 2 fully saturated rings. The summed E-state index contributed by atoms with van der Waals surface area (Å²) in [5.74, 6) is -0.143. The smallest absolute Gasteiger partial charge is 0.316 e. The van der Waals surface area contributed by atoms with Crippen LogP contribution in [0.5, 0.6) is 0 Å². The second-order valence-corrected chi connectivity index (χ2v) is 5.92. The van der Waals surface area contributed by atoms with Gasteiger partial charge >= 0.3 is 5.97 Å². The molecule has 0 atom stereocenters. The lowest BCUT2D eigenvalue weighted by molar-refractivity contribution is -0.149. The van der Waals surface area contributed by atoms with Gasteiger partial charge in [-0.05, 0) is 50.2 Å². The van der Waals surface area contributed by atoms with E-state index in [-0.39, 0.29) is 5.97 Å². The number of carbonyl (C=O) groups is 1. The number of nitrogens with zero attached hydrogens (tertiary/aromatic N) is 2. The molecule has 2 saturated carbocycles. The number of methoxy groups -OCH3 is 1. The van der Waals surface area contributed by atoms with Crippen molar-refractivity contribution in [3.05, 3.63) is 24.0 Å². The third-order valence-corrected chi connectivity index (χ3v) is 4.60. The molecule has 1 N–H and O–H groups in total. The molecule has 3 rings (SSSR count). The number of rotatable bonds is 4. The molecule has 2 aliphatic rings. The van der Waals surface area contributed by atoms with Crippen molar-refractivity contribution in [1.82, 2.24) is 15.5 Å². The molecule has 0 saturated heterocycles. The van der Waals surface area contributed by atoms with E-state index in [9.17, 15) is 4.79 Å². The van der Waals surface area contributed by atoms with E-state index in [0.29, 0.717) is 12.1 Å². The van der Waals surface area contributed by atoms with Crippen LogP contribution in [0.3, 0.4) is 0 Å². The molecule has 0 radical (unpaired) electrons. The second-order valence-electron chi connectivity index (χ2n) is 5.92. The highest BCUT2D eigenvalue weighted by atomic mass is 16.5. The lowest BCUT2D eigenvalue weighted by atomic mass is 9.68. The normalized spacial score (nSPS) is 29.9. The zero-order valence-electron chi connectivity index (χ0n) is 11.8. The van der Waals surface area contributed by atoms with Gasteiger partial charge in [0.1, 0.15) is 0 Å². The van der Waals surface area contributed by atoms with Crippen LogP contribution in [0.25, 0.3) is 0 Å². The molecule has 1 aromatic rings. The molecule has 5 nitrogen and oxygen atoms in total. The minimum atomic E-state index is -0.535. The topological polar surface area (TPSA) is 64.1 Å². The Morgan fingerprint density at radius 1 is 1.25 bits per heavy atom. The molecular weight excluding hydrogens is 254 g/mol. The summed E-state index contributed by atoms with van der Waals surface area (Å²) < 4.78 is 5.07.